The maximum absolute atomic E-state index is 10.9. The van der Waals surface area contributed by atoms with E-state index >= 15 is 0 Å². The van der Waals surface area contributed by atoms with E-state index in [0.29, 0.717) is 19.0 Å². The molecule has 1 heterocycles. The summed E-state index contributed by atoms with van der Waals surface area (Å²) in [7, 11) is 0. The van der Waals surface area contributed by atoms with Gasteiger partial charge in [-0.3, -0.25) is 4.79 Å². The molecule has 0 bridgehead atoms. The molecule has 1 saturated carbocycles. The van der Waals surface area contributed by atoms with Crippen LogP contribution in [0, 0.1) is 0 Å². The van der Waals surface area contributed by atoms with Gasteiger partial charge in [-0.2, -0.15) is 0 Å². The Bertz CT molecular complexity index is 210. The van der Waals surface area contributed by atoms with Crippen molar-refractivity contribution in [1.29, 1.82) is 0 Å². The van der Waals surface area contributed by atoms with Gasteiger partial charge in [0.1, 0.15) is 0 Å². The fourth-order valence-corrected chi connectivity index (χ4v) is 2.31. The Morgan fingerprint density at radius 3 is 2.79 bits per heavy atom. The Hall–Kier alpha value is -0.610. The highest BCUT2D eigenvalue weighted by Crippen LogP contribution is 2.20. The van der Waals surface area contributed by atoms with E-state index in [1.165, 1.54) is 0 Å². The van der Waals surface area contributed by atoms with Crippen molar-refractivity contribution in [2.45, 2.75) is 50.3 Å². The van der Waals surface area contributed by atoms with Gasteiger partial charge in [-0.1, -0.05) is 0 Å². The van der Waals surface area contributed by atoms with Gasteiger partial charge in [0.05, 0.1) is 6.10 Å². The Balaban J connectivity index is 1.77. The van der Waals surface area contributed by atoms with Gasteiger partial charge in [0, 0.05) is 25.0 Å². The molecule has 0 aromatic carbocycles. The van der Waals surface area contributed by atoms with E-state index in [1.807, 2.05) is 0 Å². The van der Waals surface area contributed by atoms with Gasteiger partial charge in [-0.05, 0) is 25.7 Å². The third-order valence-corrected chi connectivity index (χ3v) is 3.19. The lowest BCUT2D eigenvalue weighted by Gasteiger charge is -2.28. The van der Waals surface area contributed by atoms with Gasteiger partial charge in [-0.15, -0.1) is 0 Å². The largest absolute Gasteiger partial charge is 0.392 e. The van der Waals surface area contributed by atoms with Crippen LogP contribution in [0.5, 0.6) is 0 Å². The molecule has 1 saturated heterocycles. The molecule has 1 amide bonds. The summed E-state index contributed by atoms with van der Waals surface area (Å²) in [6.45, 7) is 0.710. The zero-order chi connectivity index (χ0) is 9.97. The molecule has 4 heteroatoms. The Labute approximate surface area is 84.1 Å². The maximum atomic E-state index is 10.9. The maximum Gasteiger partial charge on any atom is 0.220 e. The smallest absolute Gasteiger partial charge is 0.220 e. The van der Waals surface area contributed by atoms with Gasteiger partial charge in [0.2, 0.25) is 5.91 Å². The molecule has 1 aliphatic carbocycles. The summed E-state index contributed by atoms with van der Waals surface area (Å²) in [6, 6.07) is 0.598. The summed E-state index contributed by atoms with van der Waals surface area (Å²) in [6.07, 6.45) is 4.41. The van der Waals surface area contributed by atoms with Crippen LogP contribution < -0.4 is 10.6 Å². The quantitative estimate of drug-likeness (QED) is 0.574. The third-order valence-electron chi connectivity index (χ3n) is 3.19. The number of amides is 1. The Morgan fingerprint density at radius 1 is 1.36 bits per heavy atom. The molecule has 1 unspecified atom stereocenters. The minimum absolute atomic E-state index is 0.148. The average molecular weight is 198 g/mol. The molecule has 4 nitrogen and oxygen atoms in total. The summed E-state index contributed by atoms with van der Waals surface area (Å²) in [4.78, 5) is 10.9. The van der Waals surface area contributed by atoms with Crippen LogP contribution in [0.15, 0.2) is 0 Å². The van der Waals surface area contributed by atoms with Crippen LogP contribution in [0.3, 0.4) is 0 Å². The number of carbonyl (C=O) groups is 1. The van der Waals surface area contributed by atoms with Crippen LogP contribution in [0.25, 0.3) is 0 Å². The molecule has 3 atom stereocenters. The van der Waals surface area contributed by atoms with Crippen molar-refractivity contribution >= 4 is 5.91 Å². The summed E-state index contributed by atoms with van der Waals surface area (Å²) < 4.78 is 0. The predicted molar refractivity (Wildman–Crippen MR) is 52.8 cm³/mol. The van der Waals surface area contributed by atoms with E-state index < -0.39 is 0 Å². The lowest BCUT2D eigenvalue weighted by Crippen LogP contribution is -2.51. The van der Waals surface area contributed by atoms with E-state index in [0.717, 1.165) is 25.7 Å². The van der Waals surface area contributed by atoms with Crippen molar-refractivity contribution in [2.24, 2.45) is 0 Å². The number of rotatable bonds is 2. The van der Waals surface area contributed by atoms with Crippen molar-refractivity contribution in [1.82, 2.24) is 10.6 Å². The van der Waals surface area contributed by atoms with E-state index in [4.69, 9.17) is 0 Å². The van der Waals surface area contributed by atoms with Gasteiger partial charge in [0.25, 0.3) is 0 Å². The van der Waals surface area contributed by atoms with Gasteiger partial charge >= 0.3 is 0 Å². The minimum Gasteiger partial charge on any atom is -0.392 e. The molecule has 2 aliphatic rings. The van der Waals surface area contributed by atoms with Crippen LogP contribution in [0.2, 0.25) is 0 Å². The fraction of sp³-hybridized carbons (Fsp3) is 0.900. The fourth-order valence-electron chi connectivity index (χ4n) is 2.31. The molecule has 3 N–H and O–H groups in total. The van der Waals surface area contributed by atoms with Crippen LogP contribution in [-0.4, -0.2) is 35.7 Å². The molecule has 80 valence electrons. The van der Waals surface area contributed by atoms with E-state index in [9.17, 15) is 9.90 Å². The highest BCUT2D eigenvalue weighted by molar-refractivity contribution is 5.76. The highest BCUT2D eigenvalue weighted by atomic mass is 16.3. The van der Waals surface area contributed by atoms with Crippen molar-refractivity contribution in [3.05, 3.63) is 0 Å². The number of piperidine rings is 1. The van der Waals surface area contributed by atoms with Crippen LogP contribution in [0.1, 0.15) is 32.1 Å². The van der Waals surface area contributed by atoms with Crippen LogP contribution in [-0.2, 0) is 4.79 Å². The van der Waals surface area contributed by atoms with Gasteiger partial charge in [-0.25, -0.2) is 0 Å². The molecule has 0 aromatic heterocycles. The number of carbonyl (C=O) groups excluding carboxylic acids is 1. The topological polar surface area (TPSA) is 61.4 Å². The molecule has 14 heavy (non-hydrogen) atoms. The number of hydrogen-bond acceptors (Lipinski definition) is 3. The van der Waals surface area contributed by atoms with Gasteiger partial charge in [0.15, 0.2) is 0 Å². The van der Waals surface area contributed by atoms with Gasteiger partial charge < -0.3 is 15.7 Å². The monoisotopic (exact) mass is 198 g/mol. The first-order valence-corrected chi connectivity index (χ1v) is 5.46. The number of hydrogen-bond donors (Lipinski definition) is 3. The standard InChI is InChI=1S/C10H18N2O2/c13-9-3-1-2-8(9)12-7-4-5-10(14)11-6-7/h7-9,12-13H,1-6H2,(H,11,14)/t7?,8-,9-/m1/s1. The number of aliphatic hydroxyl groups is 1. The summed E-state index contributed by atoms with van der Waals surface area (Å²) in [5.41, 5.74) is 0. The first-order chi connectivity index (χ1) is 6.75. The zero-order valence-corrected chi connectivity index (χ0v) is 8.33. The van der Waals surface area contributed by atoms with Crippen molar-refractivity contribution < 1.29 is 9.90 Å². The normalized spacial score (nSPS) is 38.4. The van der Waals surface area contributed by atoms with E-state index in [1.54, 1.807) is 0 Å². The molecule has 2 fully saturated rings. The number of nitrogens with one attached hydrogen (secondary N) is 2. The van der Waals surface area contributed by atoms with Crippen LogP contribution in [0.4, 0.5) is 0 Å². The SMILES string of the molecule is O=C1CCC(N[C@@H]2CCC[C@H]2O)CN1. The zero-order valence-electron chi connectivity index (χ0n) is 8.33. The van der Waals surface area contributed by atoms with Crippen LogP contribution >= 0.6 is 0 Å². The van der Waals surface area contributed by atoms with E-state index in [-0.39, 0.29) is 18.1 Å². The Kier molecular flexibility index (Phi) is 3.03. The lowest BCUT2D eigenvalue weighted by molar-refractivity contribution is -0.122. The predicted octanol–water partition coefficient (Wildman–Crippen LogP) is -0.232. The highest BCUT2D eigenvalue weighted by Gasteiger charge is 2.28. The third kappa shape index (κ3) is 2.25. The van der Waals surface area contributed by atoms with Crippen molar-refractivity contribution in [3.63, 3.8) is 0 Å². The average Bonchev–Trinajstić information content (AvgIpc) is 2.56. The van der Waals surface area contributed by atoms with Crippen molar-refractivity contribution in [2.75, 3.05) is 6.54 Å². The minimum atomic E-state index is -0.187. The molecular weight excluding hydrogens is 180 g/mol. The summed E-state index contributed by atoms with van der Waals surface area (Å²) >= 11 is 0. The molecule has 1 aliphatic heterocycles. The summed E-state index contributed by atoms with van der Waals surface area (Å²) in [5.74, 6) is 0.148. The number of aliphatic hydroxyl groups excluding tert-OH is 1. The van der Waals surface area contributed by atoms with E-state index in [2.05, 4.69) is 10.6 Å². The lowest BCUT2D eigenvalue weighted by atomic mass is 10.1. The Morgan fingerprint density at radius 2 is 2.21 bits per heavy atom. The van der Waals surface area contributed by atoms with Crippen molar-refractivity contribution in [3.8, 4) is 0 Å². The second kappa shape index (κ2) is 4.28. The second-order valence-corrected chi connectivity index (χ2v) is 4.31. The first kappa shape index (κ1) is 9.93. The first-order valence-electron chi connectivity index (χ1n) is 5.46. The molecule has 2 rings (SSSR count). The summed E-state index contributed by atoms with van der Waals surface area (Å²) in [5, 5.41) is 15.9. The molecule has 0 aromatic rings. The molecule has 0 radical (unpaired) electrons. The second-order valence-electron chi connectivity index (χ2n) is 4.31. The molecular formula is C10H18N2O2. The molecule has 0 spiro atoms.